The predicted molar refractivity (Wildman–Crippen MR) is 122 cm³/mol. The second-order valence-corrected chi connectivity index (χ2v) is 10.3. The minimum Gasteiger partial charge on any atom is -0.487 e. The van der Waals surface area contributed by atoms with E-state index >= 15 is 0 Å². The number of anilines is 1. The molecule has 2 aromatic carbocycles. The number of aromatic nitrogens is 2. The van der Waals surface area contributed by atoms with Gasteiger partial charge in [0, 0.05) is 6.54 Å². The molecule has 0 spiro atoms. The van der Waals surface area contributed by atoms with Crippen molar-refractivity contribution in [2.24, 2.45) is 0 Å². The third-order valence-corrected chi connectivity index (χ3v) is 7.77. The molecule has 8 heteroatoms. The molecule has 2 aliphatic heterocycles. The summed E-state index contributed by atoms with van der Waals surface area (Å²) in [5.74, 6) is 0.754. The lowest BCUT2D eigenvalue weighted by Gasteiger charge is -2.34. The van der Waals surface area contributed by atoms with Crippen LogP contribution in [0.5, 0.6) is 11.6 Å². The molecule has 0 unspecified atom stereocenters. The Balaban J connectivity index is 1.59. The highest BCUT2D eigenvalue weighted by Crippen LogP contribution is 2.41. The van der Waals surface area contributed by atoms with E-state index in [4.69, 9.17) is 9.47 Å². The van der Waals surface area contributed by atoms with Gasteiger partial charge in [-0.05, 0) is 56.4 Å². The van der Waals surface area contributed by atoms with E-state index in [0.29, 0.717) is 24.4 Å². The van der Waals surface area contributed by atoms with Crippen LogP contribution in [0.1, 0.15) is 36.6 Å². The molecule has 7 nitrogen and oxygen atoms in total. The minimum atomic E-state index is -3.91. The van der Waals surface area contributed by atoms with Crippen LogP contribution in [0, 0.1) is 6.92 Å². The number of aryl methyl sites for hydroxylation is 2. The van der Waals surface area contributed by atoms with Crippen molar-refractivity contribution in [1.82, 2.24) is 9.78 Å². The summed E-state index contributed by atoms with van der Waals surface area (Å²) in [6.07, 6.45) is 2.31. The zero-order chi connectivity index (χ0) is 22.3. The van der Waals surface area contributed by atoms with Crippen LogP contribution in [0.15, 0.2) is 53.4 Å². The molecule has 0 amide bonds. The van der Waals surface area contributed by atoms with Crippen molar-refractivity contribution < 1.29 is 17.9 Å². The number of fused-ring (bicyclic) bond motifs is 2. The highest BCUT2D eigenvalue weighted by atomic mass is 32.2. The minimum absolute atomic E-state index is 0.180. The standard InChI is InChI=1S/C24H27N3O4S/c1-17-11-12-22-21(14-17)27(15-18(2)31-22)32(28,29)23-20-10-6-7-13-26(20)25-24(23)30-16-19-8-4-3-5-9-19/h3-5,8-9,11-12,14,18H,6-7,10,13,15-16H2,1-2H3/t18-/m0/s1. The molecular weight excluding hydrogens is 426 g/mol. The fourth-order valence-corrected chi connectivity index (χ4v) is 6.22. The van der Waals surface area contributed by atoms with E-state index in [2.05, 4.69) is 5.10 Å². The van der Waals surface area contributed by atoms with E-state index in [1.54, 1.807) is 4.68 Å². The molecule has 5 rings (SSSR count). The lowest BCUT2D eigenvalue weighted by Crippen LogP contribution is -2.42. The molecule has 2 aliphatic rings. The molecule has 32 heavy (non-hydrogen) atoms. The Hall–Kier alpha value is -3.00. The highest BCUT2D eigenvalue weighted by Gasteiger charge is 2.39. The molecule has 0 N–H and O–H groups in total. The summed E-state index contributed by atoms with van der Waals surface area (Å²) in [6, 6.07) is 15.3. The smallest absolute Gasteiger partial charge is 0.271 e. The topological polar surface area (TPSA) is 73.7 Å². The van der Waals surface area contributed by atoms with Crippen LogP contribution < -0.4 is 13.8 Å². The zero-order valence-electron chi connectivity index (χ0n) is 18.3. The average molecular weight is 454 g/mol. The monoisotopic (exact) mass is 453 g/mol. The summed E-state index contributed by atoms with van der Waals surface area (Å²) in [5.41, 5.74) is 3.23. The van der Waals surface area contributed by atoms with E-state index in [1.165, 1.54) is 4.31 Å². The molecule has 0 saturated heterocycles. The summed E-state index contributed by atoms with van der Waals surface area (Å²) in [4.78, 5) is 0.190. The summed E-state index contributed by atoms with van der Waals surface area (Å²) in [6.45, 7) is 5.02. The molecule has 0 bridgehead atoms. The number of hydrogen-bond acceptors (Lipinski definition) is 5. The summed E-state index contributed by atoms with van der Waals surface area (Å²) in [5, 5.41) is 4.58. The number of rotatable bonds is 5. The van der Waals surface area contributed by atoms with Gasteiger partial charge in [0.05, 0.1) is 17.9 Å². The molecule has 3 aromatic rings. The second-order valence-electron chi connectivity index (χ2n) is 8.47. The first kappa shape index (κ1) is 20.9. The van der Waals surface area contributed by atoms with Gasteiger partial charge in [0.15, 0.2) is 4.90 Å². The van der Waals surface area contributed by atoms with Gasteiger partial charge in [0.25, 0.3) is 15.9 Å². The van der Waals surface area contributed by atoms with Crippen molar-refractivity contribution in [3.63, 3.8) is 0 Å². The number of hydrogen-bond donors (Lipinski definition) is 0. The molecule has 168 valence electrons. The van der Waals surface area contributed by atoms with Crippen molar-refractivity contribution in [3.8, 4) is 11.6 Å². The maximum absolute atomic E-state index is 14.1. The Bertz CT molecular complexity index is 1240. The Morgan fingerprint density at radius 3 is 2.78 bits per heavy atom. The maximum atomic E-state index is 14.1. The second kappa shape index (κ2) is 8.16. The van der Waals surface area contributed by atoms with Crippen molar-refractivity contribution >= 4 is 15.7 Å². The molecule has 0 saturated carbocycles. The van der Waals surface area contributed by atoms with Crippen LogP contribution in [0.2, 0.25) is 0 Å². The van der Waals surface area contributed by atoms with Gasteiger partial charge in [0.2, 0.25) is 0 Å². The SMILES string of the molecule is Cc1ccc2c(c1)N(S(=O)(=O)c1c(OCc3ccccc3)nn3c1CCCC3)C[C@H](C)O2. The Kier molecular flexibility index (Phi) is 5.33. The van der Waals surface area contributed by atoms with Gasteiger partial charge in [-0.1, -0.05) is 36.4 Å². The average Bonchev–Trinajstić information content (AvgIpc) is 3.17. The number of nitrogens with zero attached hydrogens (tertiary/aromatic N) is 3. The van der Waals surface area contributed by atoms with Crippen LogP contribution in [0.25, 0.3) is 0 Å². The fraction of sp³-hybridized carbons (Fsp3) is 0.375. The lowest BCUT2D eigenvalue weighted by atomic mass is 10.1. The third kappa shape index (κ3) is 3.72. The van der Waals surface area contributed by atoms with Crippen molar-refractivity contribution in [1.29, 1.82) is 0 Å². The largest absolute Gasteiger partial charge is 0.487 e. The van der Waals surface area contributed by atoms with Gasteiger partial charge in [-0.15, -0.1) is 5.10 Å². The van der Waals surface area contributed by atoms with Gasteiger partial charge < -0.3 is 9.47 Å². The Morgan fingerprint density at radius 2 is 1.97 bits per heavy atom. The summed E-state index contributed by atoms with van der Waals surface area (Å²) in [7, 11) is -3.91. The first-order chi connectivity index (χ1) is 15.4. The van der Waals surface area contributed by atoms with Crippen LogP contribution in [0.3, 0.4) is 0 Å². The molecule has 3 heterocycles. The predicted octanol–water partition coefficient (Wildman–Crippen LogP) is 4.08. The molecular formula is C24H27N3O4S. The van der Waals surface area contributed by atoms with E-state index < -0.39 is 10.0 Å². The van der Waals surface area contributed by atoms with Gasteiger partial charge in [-0.2, -0.15) is 0 Å². The van der Waals surface area contributed by atoms with E-state index in [0.717, 1.165) is 29.7 Å². The number of benzene rings is 2. The van der Waals surface area contributed by atoms with Crippen molar-refractivity contribution in [2.75, 3.05) is 10.8 Å². The highest BCUT2D eigenvalue weighted by molar-refractivity contribution is 7.93. The molecule has 1 aromatic heterocycles. The summed E-state index contributed by atoms with van der Waals surface area (Å²) < 4.78 is 43.4. The number of ether oxygens (including phenoxy) is 2. The molecule has 0 aliphatic carbocycles. The Morgan fingerprint density at radius 1 is 1.16 bits per heavy atom. The fourth-order valence-electron chi connectivity index (χ4n) is 4.36. The van der Waals surface area contributed by atoms with Gasteiger partial charge >= 0.3 is 0 Å². The number of sulfonamides is 1. The first-order valence-corrected chi connectivity index (χ1v) is 12.4. The molecule has 0 radical (unpaired) electrons. The van der Waals surface area contributed by atoms with Gasteiger partial charge in [0.1, 0.15) is 18.5 Å². The third-order valence-electron chi connectivity index (χ3n) is 5.91. The Labute approximate surface area is 188 Å². The molecule has 1 atom stereocenters. The lowest BCUT2D eigenvalue weighted by molar-refractivity contribution is 0.219. The first-order valence-electron chi connectivity index (χ1n) is 11.0. The van der Waals surface area contributed by atoms with Crippen molar-refractivity contribution in [3.05, 3.63) is 65.4 Å². The van der Waals surface area contributed by atoms with Crippen LogP contribution in [-0.2, 0) is 29.6 Å². The molecule has 0 fully saturated rings. The van der Waals surface area contributed by atoms with E-state index in [1.807, 2.05) is 62.4 Å². The normalized spacial score (nSPS) is 17.9. The van der Waals surface area contributed by atoms with Gasteiger partial charge in [-0.3, -0.25) is 8.99 Å². The van der Waals surface area contributed by atoms with Crippen molar-refractivity contribution in [2.45, 2.75) is 57.3 Å². The summed E-state index contributed by atoms with van der Waals surface area (Å²) >= 11 is 0. The maximum Gasteiger partial charge on any atom is 0.271 e. The van der Waals surface area contributed by atoms with Crippen LogP contribution in [0.4, 0.5) is 5.69 Å². The quantitative estimate of drug-likeness (QED) is 0.582. The van der Waals surface area contributed by atoms with E-state index in [-0.39, 0.29) is 30.0 Å². The van der Waals surface area contributed by atoms with Crippen LogP contribution in [-0.4, -0.2) is 30.8 Å². The van der Waals surface area contributed by atoms with Crippen LogP contribution >= 0.6 is 0 Å². The zero-order valence-corrected chi connectivity index (χ0v) is 19.1. The van der Waals surface area contributed by atoms with E-state index in [9.17, 15) is 8.42 Å². The van der Waals surface area contributed by atoms with Gasteiger partial charge in [-0.25, -0.2) is 8.42 Å².